The summed E-state index contributed by atoms with van der Waals surface area (Å²) in [5.41, 5.74) is -1.09. The SMILES string of the molecule is C=CC(=O)N1CCN(c2nc(C(C)(C)C)nc3c(F)c(-c4c(O)cccc4F)c(Cl)cc23)CC1. The predicted octanol–water partition coefficient (Wildman–Crippen LogP) is 5.07. The van der Waals surface area contributed by atoms with Crippen LogP contribution in [0.1, 0.15) is 26.6 Å². The molecule has 178 valence electrons. The van der Waals surface area contributed by atoms with Gasteiger partial charge in [0.2, 0.25) is 5.91 Å². The first-order chi connectivity index (χ1) is 16.0. The van der Waals surface area contributed by atoms with Crippen molar-refractivity contribution in [1.82, 2.24) is 14.9 Å². The van der Waals surface area contributed by atoms with Gasteiger partial charge in [-0.25, -0.2) is 18.7 Å². The standard InChI is InChI=1S/C25H25ClF2N4O2/c1-5-18(34)31-9-11-32(12-10-31)23-14-13-15(26)19(20-16(27)7-6-8-17(20)33)21(28)22(14)29-24(30-23)25(2,3)4/h5-8,13,33H,1,9-12H2,2-4H3. The maximum absolute atomic E-state index is 16.0. The van der Waals surface area contributed by atoms with E-state index in [1.54, 1.807) is 4.90 Å². The molecule has 3 aromatic rings. The molecule has 1 aromatic heterocycles. The number of phenols is 1. The average Bonchev–Trinajstić information content (AvgIpc) is 2.79. The Balaban J connectivity index is 1.92. The maximum atomic E-state index is 16.0. The number of amides is 1. The van der Waals surface area contributed by atoms with E-state index in [-0.39, 0.29) is 27.6 Å². The number of hydrogen-bond donors (Lipinski definition) is 1. The van der Waals surface area contributed by atoms with E-state index in [1.165, 1.54) is 24.3 Å². The third-order valence-corrected chi connectivity index (χ3v) is 6.14. The molecule has 0 aliphatic carbocycles. The number of piperazine rings is 1. The van der Waals surface area contributed by atoms with Crippen molar-refractivity contribution in [3.8, 4) is 16.9 Å². The van der Waals surface area contributed by atoms with Gasteiger partial charge in [-0.15, -0.1) is 0 Å². The fraction of sp³-hybridized carbons (Fsp3) is 0.320. The van der Waals surface area contributed by atoms with Crippen molar-refractivity contribution in [2.45, 2.75) is 26.2 Å². The summed E-state index contributed by atoms with van der Waals surface area (Å²) in [4.78, 5) is 24.9. The maximum Gasteiger partial charge on any atom is 0.246 e. The summed E-state index contributed by atoms with van der Waals surface area (Å²) in [5, 5.41) is 10.6. The number of aromatic hydroxyl groups is 1. The Kier molecular flexibility index (Phi) is 6.20. The Labute approximate surface area is 201 Å². The molecular formula is C25H25ClF2N4O2. The van der Waals surface area contributed by atoms with Gasteiger partial charge in [0.05, 0.1) is 10.6 Å². The minimum Gasteiger partial charge on any atom is -0.507 e. The number of halogens is 3. The van der Waals surface area contributed by atoms with E-state index in [1.807, 2.05) is 25.7 Å². The van der Waals surface area contributed by atoms with Crippen molar-refractivity contribution < 1.29 is 18.7 Å². The largest absolute Gasteiger partial charge is 0.507 e. The summed E-state index contributed by atoms with van der Waals surface area (Å²) in [6, 6.07) is 5.24. The molecule has 1 N–H and O–H groups in total. The van der Waals surface area contributed by atoms with E-state index < -0.39 is 22.8 Å². The molecule has 2 aromatic carbocycles. The van der Waals surface area contributed by atoms with Crippen molar-refractivity contribution in [3.05, 3.63) is 59.4 Å². The van der Waals surface area contributed by atoms with Crippen LogP contribution >= 0.6 is 11.6 Å². The third kappa shape index (κ3) is 4.18. The van der Waals surface area contributed by atoms with Crippen LogP contribution in [-0.4, -0.2) is 52.1 Å². The van der Waals surface area contributed by atoms with E-state index in [2.05, 4.69) is 11.6 Å². The molecule has 1 aliphatic heterocycles. The molecule has 4 rings (SSSR count). The average molecular weight is 487 g/mol. The molecule has 0 radical (unpaired) electrons. The topological polar surface area (TPSA) is 69.6 Å². The zero-order chi connectivity index (χ0) is 24.8. The lowest BCUT2D eigenvalue weighted by Crippen LogP contribution is -2.48. The smallest absolute Gasteiger partial charge is 0.246 e. The van der Waals surface area contributed by atoms with Crippen molar-refractivity contribution >= 4 is 34.2 Å². The van der Waals surface area contributed by atoms with Crippen LogP contribution < -0.4 is 4.90 Å². The highest BCUT2D eigenvalue weighted by Gasteiger charge is 2.29. The fourth-order valence-electron chi connectivity index (χ4n) is 4.01. The van der Waals surface area contributed by atoms with Crippen molar-refractivity contribution in [3.63, 3.8) is 0 Å². The second-order valence-corrected chi connectivity index (χ2v) is 9.62. The molecule has 1 aliphatic rings. The molecule has 0 saturated carbocycles. The Hall–Kier alpha value is -3.26. The van der Waals surface area contributed by atoms with Gasteiger partial charge < -0.3 is 14.9 Å². The Morgan fingerprint density at radius 2 is 1.82 bits per heavy atom. The zero-order valence-electron chi connectivity index (χ0n) is 19.2. The summed E-state index contributed by atoms with van der Waals surface area (Å²) in [5.74, 6) is -1.30. The first kappa shape index (κ1) is 23.9. The lowest BCUT2D eigenvalue weighted by Gasteiger charge is -2.36. The molecule has 1 amide bonds. The molecule has 0 bridgehead atoms. The highest BCUT2D eigenvalue weighted by molar-refractivity contribution is 6.34. The van der Waals surface area contributed by atoms with Crippen LogP contribution in [0, 0.1) is 11.6 Å². The van der Waals surface area contributed by atoms with Gasteiger partial charge in [0.25, 0.3) is 0 Å². The molecule has 0 unspecified atom stereocenters. The van der Waals surface area contributed by atoms with Crippen LogP contribution in [0.3, 0.4) is 0 Å². The molecule has 0 spiro atoms. The van der Waals surface area contributed by atoms with Gasteiger partial charge in [-0.1, -0.05) is 45.0 Å². The number of carbonyl (C=O) groups is 1. The van der Waals surface area contributed by atoms with E-state index in [9.17, 15) is 14.3 Å². The summed E-state index contributed by atoms with van der Waals surface area (Å²) in [6.45, 7) is 11.1. The van der Waals surface area contributed by atoms with Gasteiger partial charge in [-0.05, 0) is 24.3 Å². The number of nitrogens with zero attached hydrogens (tertiary/aromatic N) is 4. The van der Waals surface area contributed by atoms with Crippen LogP contribution in [0.5, 0.6) is 5.75 Å². The molecule has 1 fully saturated rings. The van der Waals surface area contributed by atoms with Gasteiger partial charge in [-0.3, -0.25) is 4.79 Å². The Bertz CT molecular complexity index is 1280. The minimum absolute atomic E-state index is 0.0124. The Morgan fingerprint density at radius 3 is 2.41 bits per heavy atom. The Morgan fingerprint density at radius 1 is 1.15 bits per heavy atom. The number of phenolic OH excluding ortho intramolecular Hbond substituents is 1. The lowest BCUT2D eigenvalue weighted by atomic mass is 9.95. The number of benzene rings is 2. The van der Waals surface area contributed by atoms with Crippen molar-refractivity contribution in [1.29, 1.82) is 0 Å². The number of fused-ring (bicyclic) bond motifs is 1. The number of aromatic nitrogens is 2. The van der Waals surface area contributed by atoms with E-state index in [4.69, 9.17) is 16.6 Å². The minimum atomic E-state index is -0.836. The summed E-state index contributed by atoms with van der Waals surface area (Å²) in [6.07, 6.45) is 1.28. The first-order valence-corrected chi connectivity index (χ1v) is 11.2. The van der Waals surface area contributed by atoms with Gasteiger partial charge in [0.1, 0.15) is 28.7 Å². The van der Waals surface area contributed by atoms with Crippen LogP contribution in [0.15, 0.2) is 36.9 Å². The first-order valence-electron chi connectivity index (χ1n) is 10.9. The normalized spacial score (nSPS) is 14.5. The quantitative estimate of drug-likeness (QED) is 0.524. The molecule has 6 nitrogen and oxygen atoms in total. The van der Waals surface area contributed by atoms with E-state index in [0.29, 0.717) is 43.2 Å². The zero-order valence-corrected chi connectivity index (χ0v) is 20.0. The molecular weight excluding hydrogens is 462 g/mol. The number of hydrogen-bond acceptors (Lipinski definition) is 5. The van der Waals surface area contributed by atoms with Gasteiger partial charge in [-0.2, -0.15) is 0 Å². The van der Waals surface area contributed by atoms with Gasteiger partial charge >= 0.3 is 0 Å². The summed E-state index contributed by atoms with van der Waals surface area (Å²) >= 11 is 6.46. The summed E-state index contributed by atoms with van der Waals surface area (Å²) < 4.78 is 30.6. The number of carbonyl (C=O) groups excluding carboxylic acids is 1. The molecule has 0 atom stereocenters. The third-order valence-electron chi connectivity index (χ3n) is 5.84. The second-order valence-electron chi connectivity index (χ2n) is 9.21. The van der Waals surface area contributed by atoms with Crippen molar-refractivity contribution in [2.24, 2.45) is 0 Å². The van der Waals surface area contributed by atoms with Crippen molar-refractivity contribution in [2.75, 3.05) is 31.1 Å². The second kappa shape index (κ2) is 8.83. The summed E-state index contributed by atoms with van der Waals surface area (Å²) in [7, 11) is 0. The fourth-order valence-corrected chi connectivity index (χ4v) is 4.30. The van der Waals surface area contributed by atoms with Gasteiger partial charge in [0.15, 0.2) is 5.82 Å². The number of anilines is 1. The highest BCUT2D eigenvalue weighted by Crippen LogP contribution is 2.42. The predicted molar refractivity (Wildman–Crippen MR) is 129 cm³/mol. The molecule has 2 heterocycles. The highest BCUT2D eigenvalue weighted by atomic mass is 35.5. The van der Waals surface area contributed by atoms with Crippen LogP contribution in [-0.2, 0) is 10.2 Å². The monoisotopic (exact) mass is 486 g/mol. The molecule has 34 heavy (non-hydrogen) atoms. The molecule has 1 saturated heterocycles. The van der Waals surface area contributed by atoms with Crippen LogP contribution in [0.4, 0.5) is 14.6 Å². The van der Waals surface area contributed by atoms with Crippen LogP contribution in [0.2, 0.25) is 5.02 Å². The van der Waals surface area contributed by atoms with Crippen LogP contribution in [0.25, 0.3) is 22.0 Å². The van der Waals surface area contributed by atoms with Gasteiger partial charge in [0, 0.05) is 42.5 Å². The number of rotatable bonds is 3. The van der Waals surface area contributed by atoms with E-state index in [0.717, 1.165) is 6.07 Å². The van der Waals surface area contributed by atoms with E-state index >= 15 is 4.39 Å². The molecule has 9 heteroatoms. The lowest BCUT2D eigenvalue weighted by molar-refractivity contribution is -0.126.